The molecular formula is C18H18ClN3O3. The minimum Gasteiger partial charge on any atom is -0.466 e. The van der Waals surface area contributed by atoms with Crippen molar-refractivity contribution in [3.8, 4) is 0 Å². The lowest BCUT2D eigenvalue weighted by atomic mass is 9.80. The predicted molar refractivity (Wildman–Crippen MR) is 93.7 cm³/mol. The second kappa shape index (κ2) is 6.72. The van der Waals surface area contributed by atoms with E-state index in [0.29, 0.717) is 33.6 Å². The smallest absolute Gasteiger partial charge is 0.336 e. The molecule has 1 N–H and O–H groups in total. The van der Waals surface area contributed by atoms with Gasteiger partial charge in [0.2, 0.25) is 0 Å². The van der Waals surface area contributed by atoms with Crippen LogP contribution in [0.3, 0.4) is 0 Å². The van der Waals surface area contributed by atoms with Crippen LogP contribution < -0.4 is 5.32 Å². The molecule has 1 atom stereocenters. The van der Waals surface area contributed by atoms with Crippen LogP contribution in [0.15, 0.2) is 45.8 Å². The van der Waals surface area contributed by atoms with Crippen molar-refractivity contribution < 1.29 is 14.1 Å². The number of allylic oxidation sites excluding steroid dienone is 3. The van der Waals surface area contributed by atoms with Crippen LogP contribution >= 0.6 is 11.6 Å². The third-order valence-electron chi connectivity index (χ3n) is 4.14. The molecule has 2 aromatic rings. The second-order valence-corrected chi connectivity index (χ2v) is 6.20. The highest BCUT2D eigenvalue weighted by molar-refractivity contribution is 6.31. The zero-order valence-electron chi connectivity index (χ0n) is 14.4. The summed E-state index contributed by atoms with van der Waals surface area (Å²) < 4.78 is 10.4. The maximum atomic E-state index is 12.5. The minimum atomic E-state index is -0.470. The molecule has 1 aromatic heterocycles. The molecule has 3 rings (SSSR count). The molecule has 0 spiro atoms. The fourth-order valence-electron chi connectivity index (χ4n) is 3.08. The number of carbonyl (C=O) groups is 1. The molecule has 0 bridgehead atoms. The zero-order valence-corrected chi connectivity index (χ0v) is 15.1. The molecule has 0 saturated carbocycles. The first kappa shape index (κ1) is 17.2. The molecule has 130 valence electrons. The Balaban J connectivity index is 2.27. The summed E-state index contributed by atoms with van der Waals surface area (Å²) >= 11 is 6.44. The highest BCUT2D eigenvalue weighted by atomic mass is 35.5. The normalized spacial score (nSPS) is 17.6. The van der Waals surface area contributed by atoms with Crippen molar-refractivity contribution in [2.45, 2.75) is 26.7 Å². The summed E-state index contributed by atoms with van der Waals surface area (Å²) in [4.78, 5) is 16.9. The Morgan fingerprint density at radius 3 is 2.56 bits per heavy atom. The molecule has 1 aromatic carbocycles. The van der Waals surface area contributed by atoms with Crippen LogP contribution in [0.4, 0.5) is 0 Å². The summed E-state index contributed by atoms with van der Waals surface area (Å²) in [5.41, 5.74) is 3.47. The van der Waals surface area contributed by atoms with Gasteiger partial charge in [-0.2, -0.15) is 4.98 Å². The van der Waals surface area contributed by atoms with Crippen LogP contribution in [0.1, 0.15) is 37.0 Å². The van der Waals surface area contributed by atoms with E-state index in [1.807, 2.05) is 32.0 Å². The number of hydrogen-bond acceptors (Lipinski definition) is 6. The van der Waals surface area contributed by atoms with Gasteiger partial charge in [-0.15, -0.1) is 0 Å². The molecule has 0 fully saturated rings. The highest BCUT2D eigenvalue weighted by Crippen LogP contribution is 2.45. The lowest BCUT2D eigenvalue weighted by Gasteiger charge is -2.30. The molecule has 0 saturated heterocycles. The molecule has 1 aliphatic heterocycles. The number of aryl methyl sites for hydroxylation is 1. The van der Waals surface area contributed by atoms with E-state index in [4.69, 9.17) is 20.9 Å². The van der Waals surface area contributed by atoms with Crippen molar-refractivity contribution in [2.24, 2.45) is 0 Å². The summed E-state index contributed by atoms with van der Waals surface area (Å²) in [6.07, 6.45) is 0. The Bertz CT molecular complexity index is 898. The molecule has 7 heteroatoms. The van der Waals surface area contributed by atoms with E-state index in [1.165, 1.54) is 7.11 Å². The zero-order chi connectivity index (χ0) is 18.1. The summed E-state index contributed by atoms with van der Waals surface area (Å²) in [6.45, 7) is 5.47. The standard InChI is InChI=1S/C18H18ClN3O3/c1-9-14(17-21-11(3)22-25-17)16(12-7-5-6-8-13(12)19)15(10(2)20-9)18(23)24-4/h5-8,16,20H,1-4H3. The van der Waals surface area contributed by atoms with Crippen LogP contribution in [0.25, 0.3) is 5.57 Å². The van der Waals surface area contributed by atoms with Crippen LogP contribution in [-0.4, -0.2) is 23.2 Å². The van der Waals surface area contributed by atoms with E-state index in [9.17, 15) is 4.79 Å². The minimum absolute atomic E-state index is 0.348. The van der Waals surface area contributed by atoms with Gasteiger partial charge in [0.15, 0.2) is 5.82 Å². The van der Waals surface area contributed by atoms with Gasteiger partial charge in [-0.25, -0.2) is 4.79 Å². The van der Waals surface area contributed by atoms with Crippen LogP contribution in [0, 0.1) is 6.92 Å². The van der Waals surface area contributed by atoms with Gasteiger partial charge in [0.1, 0.15) is 0 Å². The Morgan fingerprint density at radius 2 is 1.96 bits per heavy atom. The molecule has 2 heterocycles. The molecule has 1 unspecified atom stereocenters. The van der Waals surface area contributed by atoms with Crippen LogP contribution in [0.5, 0.6) is 0 Å². The van der Waals surface area contributed by atoms with Crippen LogP contribution in [0.2, 0.25) is 5.02 Å². The number of rotatable bonds is 3. The highest BCUT2D eigenvalue weighted by Gasteiger charge is 2.37. The topological polar surface area (TPSA) is 77.2 Å². The number of ether oxygens (including phenoxy) is 1. The maximum Gasteiger partial charge on any atom is 0.336 e. The Hall–Kier alpha value is -2.60. The fourth-order valence-corrected chi connectivity index (χ4v) is 3.33. The van der Waals surface area contributed by atoms with Gasteiger partial charge in [0, 0.05) is 22.0 Å². The number of halogens is 1. The molecule has 6 nitrogen and oxygen atoms in total. The van der Waals surface area contributed by atoms with Gasteiger partial charge in [0.25, 0.3) is 5.89 Å². The molecular weight excluding hydrogens is 342 g/mol. The van der Waals surface area contributed by atoms with Crippen molar-refractivity contribution in [3.63, 3.8) is 0 Å². The molecule has 25 heavy (non-hydrogen) atoms. The van der Waals surface area contributed by atoms with Crippen molar-refractivity contribution in [1.29, 1.82) is 0 Å². The third kappa shape index (κ3) is 3.05. The number of dihydropyridines is 1. The summed E-state index contributed by atoms with van der Waals surface area (Å²) in [6, 6.07) is 7.38. The van der Waals surface area contributed by atoms with E-state index in [1.54, 1.807) is 13.0 Å². The van der Waals surface area contributed by atoms with Crippen LogP contribution in [-0.2, 0) is 9.53 Å². The summed E-state index contributed by atoms with van der Waals surface area (Å²) in [7, 11) is 1.36. The molecule has 0 radical (unpaired) electrons. The number of aromatic nitrogens is 2. The Morgan fingerprint density at radius 1 is 1.24 bits per heavy atom. The molecule has 0 amide bonds. The van der Waals surface area contributed by atoms with Gasteiger partial charge in [-0.3, -0.25) is 0 Å². The monoisotopic (exact) mass is 359 g/mol. The summed E-state index contributed by atoms with van der Waals surface area (Å²) in [5, 5.41) is 7.63. The first-order valence-corrected chi connectivity index (χ1v) is 8.13. The van der Waals surface area contributed by atoms with E-state index < -0.39 is 11.9 Å². The number of nitrogens with one attached hydrogen (secondary N) is 1. The number of benzene rings is 1. The second-order valence-electron chi connectivity index (χ2n) is 5.80. The molecule has 0 aliphatic carbocycles. The predicted octanol–water partition coefficient (Wildman–Crippen LogP) is 3.60. The van der Waals surface area contributed by atoms with Gasteiger partial charge in [0.05, 0.1) is 18.6 Å². The summed E-state index contributed by atoms with van der Waals surface area (Å²) in [5.74, 6) is -0.0427. The lowest BCUT2D eigenvalue weighted by Crippen LogP contribution is -2.28. The van der Waals surface area contributed by atoms with Gasteiger partial charge in [-0.05, 0) is 32.4 Å². The van der Waals surface area contributed by atoms with E-state index in [0.717, 1.165) is 11.3 Å². The number of esters is 1. The van der Waals surface area contributed by atoms with Gasteiger partial charge in [-0.1, -0.05) is 35.0 Å². The third-order valence-corrected chi connectivity index (χ3v) is 4.48. The number of methoxy groups -OCH3 is 1. The lowest BCUT2D eigenvalue weighted by molar-refractivity contribution is -0.136. The number of nitrogens with zero attached hydrogens (tertiary/aromatic N) is 2. The Kier molecular flexibility index (Phi) is 4.63. The average molecular weight is 360 g/mol. The number of hydrogen-bond donors (Lipinski definition) is 1. The van der Waals surface area contributed by atoms with Gasteiger partial charge >= 0.3 is 5.97 Å². The van der Waals surface area contributed by atoms with Crippen molar-refractivity contribution >= 4 is 23.1 Å². The van der Waals surface area contributed by atoms with Crippen molar-refractivity contribution in [3.05, 3.63) is 63.5 Å². The molecule has 1 aliphatic rings. The SMILES string of the molecule is COC(=O)C1=C(C)NC(C)=C(c2nc(C)no2)C1c1ccccc1Cl. The maximum absolute atomic E-state index is 12.5. The largest absolute Gasteiger partial charge is 0.466 e. The average Bonchev–Trinajstić information content (AvgIpc) is 3.00. The first-order chi connectivity index (χ1) is 11.9. The van der Waals surface area contributed by atoms with Gasteiger partial charge < -0.3 is 14.6 Å². The van der Waals surface area contributed by atoms with Crippen molar-refractivity contribution in [1.82, 2.24) is 15.5 Å². The fraction of sp³-hybridized carbons (Fsp3) is 0.278. The van der Waals surface area contributed by atoms with Crippen molar-refractivity contribution in [2.75, 3.05) is 7.11 Å². The Labute approximate surface area is 150 Å². The van der Waals surface area contributed by atoms with E-state index in [2.05, 4.69) is 15.5 Å². The van der Waals surface area contributed by atoms with E-state index in [-0.39, 0.29) is 0 Å². The van der Waals surface area contributed by atoms with E-state index >= 15 is 0 Å². The quantitative estimate of drug-likeness (QED) is 0.844. The first-order valence-electron chi connectivity index (χ1n) is 7.76. The number of carbonyl (C=O) groups excluding carboxylic acids is 1.